The lowest BCUT2D eigenvalue weighted by atomic mass is 10.2. The third kappa shape index (κ3) is 4.48. The summed E-state index contributed by atoms with van der Waals surface area (Å²) in [6, 6.07) is 21.1. The van der Waals surface area contributed by atoms with Crippen LogP contribution in [0.2, 0.25) is 0 Å². The molecule has 2 aromatic carbocycles. The molecule has 0 amide bonds. The van der Waals surface area contributed by atoms with Crippen molar-refractivity contribution < 1.29 is 0 Å². The standard InChI is InChI=1S/C17H19N3.C2H4/c1-3-7-15(8-4-1)13-20(14-17-18-11-12-19-17)16-9-5-2-6-10-16;1-2/h1-10H,11-14H2,(H,18,19);1-2H2. The average Bonchev–Trinajstić information content (AvgIpc) is 3.11. The first-order valence-electron chi connectivity index (χ1n) is 7.53. The lowest BCUT2D eigenvalue weighted by Gasteiger charge is -2.25. The lowest BCUT2D eigenvalue weighted by molar-refractivity contribution is 0.866. The highest BCUT2D eigenvalue weighted by atomic mass is 15.2. The third-order valence-corrected chi connectivity index (χ3v) is 3.42. The second kappa shape index (κ2) is 8.67. The predicted octanol–water partition coefficient (Wildman–Crippen LogP) is 3.50. The van der Waals surface area contributed by atoms with Gasteiger partial charge in [-0.2, -0.15) is 0 Å². The van der Waals surface area contributed by atoms with E-state index in [1.165, 1.54) is 11.3 Å². The van der Waals surface area contributed by atoms with E-state index in [2.05, 4.69) is 89.0 Å². The molecule has 0 atom stereocenters. The molecule has 0 aromatic heterocycles. The Morgan fingerprint density at radius 3 is 2.14 bits per heavy atom. The highest BCUT2D eigenvalue weighted by molar-refractivity contribution is 5.88. The summed E-state index contributed by atoms with van der Waals surface area (Å²) in [5.74, 6) is 1.09. The summed E-state index contributed by atoms with van der Waals surface area (Å²) in [4.78, 5) is 6.86. The highest BCUT2D eigenvalue weighted by Crippen LogP contribution is 2.16. The number of nitrogens with zero attached hydrogens (tertiary/aromatic N) is 2. The van der Waals surface area contributed by atoms with Crippen molar-refractivity contribution in [3.05, 3.63) is 79.4 Å². The average molecular weight is 293 g/mol. The number of nitrogens with one attached hydrogen (secondary N) is 1. The second-order valence-electron chi connectivity index (χ2n) is 4.93. The van der Waals surface area contributed by atoms with Crippen LogP contribution >= 0.6 is 0 Å². The summed E-state index contributed by atoms with van der Waals surface area (Å²) in [6.45, 7) is 9.58. The normalized spacial score (nSPS) is 12.6. The fraction of sp³-hybridized carbons (Fsp3) is 0.211. The molecule has 0 saturated carbocycles. The Bertz CT molecular complexity index is 578. The zero-order chi connectivity index (χ0) is 15.6. The van der Waals surface area contributed by atoms with Crippen LogP contribution in [0.15, 0.2) is 78.8 Å². The summed E-state index contributed by atoms with van der Waals surface area (Å²) in [6.07, 6.45) is 0. The summed E-state index contributed by atoms with van der Waals surface area (Å²) in [5, 5.41) is 3.35. The number of para-hydroxylation sites is 1. The Morgan fingerprint density at radius 1 is 0.909 bits per heavy atom. The topological polar surface area (TPSA) is 27.6 Å². The number of aliphatic imine (C=N–C) groups is 1. The van der Waals surface area contributed by atoms with E-state index in [9.17, 15) is 0 Å². The van der Waals surface area contributed by atoms with Gasteiger partial charge in [0.1, 0.15) is 5.84 Å². The number of amidine groups is 1. The van der Waals surface area contributed by atoms with Crippen LogP contribution in [0, 0.1) is 0 Å². The van der Waals surface area contributed by atoms with Gasteiger partial charge in [-0.15, -0.1) is 13.2 Å². The van der Waals surface area contributed by atoms with Crippen LogP contribution in [0.3, 0.4) is 0 Å². The van der Waals surface area contributed by atoms with Gasteiger partial charge in [0, 0.05) is 18.8 Å². The van der Waals surface area contributed by atoms with Crippen LogP contribution in [-0.2, 0) is 6.54 Å². The molecule has 22 heavy (non-hydrogen) atoms. The van der Waals surface area contributed by atoms with Gasteiger partial charge in [-0.05, 0) is 17.7 Å². The van der Waals surface area contributed by atoms with E-state index in [0.29, 0.717) is 0 Å². The molecule has 0 fully saturated rings. The minimum absolute atomic E-state index is 0.832. The van der Waals surface area contributed by atoms with E-state index in [1.807, 2.05) is 0 Å². The van der Waals surface area contributed by atoms with Gasteiger partial charge in [-0.3, -0.25) is 4.99 Å². The van der Waals surface area contributed by atoms with Gasteiger partial charge in [0.2, 0.25) is 0 Å². The molecule has 0 spiro atoms. The zero-order valence-electron chi connectivity index (χ0n) is 12.9. The molecule has 0 unspecified atom stereocenters. The van der Waals surface area contributed by atoms with Crippen molar-refractivity contribution in [2.24, 2.45) is 4.99 Å². The van der Waals surface area contributed by atoms with Crippen molar-refractivity contribution in [2.45, 2.75) is 6.54 Å². The van der Waals surface area contributed by atoms with Gasteiger partial charge in [0.05, 0.1) is 13.1 Å². The molecule has 1 heterocycles. The maximum absolute atomic E-state index is 4.51. The van der Waals surface area contributed by atoms with E-state index in [0.717, 1.165) is 32.0 Å². The smallest absolute Gasteiger partial charge is 0.116 e. The predicted molar refractivity (Wildman–Crippen MR) is 95.5 cm³/mol. The molecule has 114 valence electrons. The van der Waals surface area contributed by atoms with E-state index in [1.54, 1.807) is 0 Å². The minimum Gasteiger partial charge on any atom is -0.370 e. The first-order valence-corrected chi connectivity index (χ1v) is 7.53. The van der Waals surface area contributed by atoms with Gasteiger partial charge in [0.25, 0.3) is 0 Å². The number of rotatable bonds is 5. The summed E-state index contributed by atoms with van der Waals surface area (Å²) in [5.41, 5.74) is 2.54. The molecule has 3 heteroatoms. The molecule has 0 bridgehead atoms. The first kappa shape index (κ1) is 15.8. The Labute approximate surface area is 133 Å². The zero-order valence-corrected chi connectivity index (χ0v) is 12.9. The Hall–Kier alpha value is -2.55. The fourth-order valence-corrected chi connectivity index (χ4v) is 2.41. The van der Waals surface area contributed by atoms with Crippen molar-refractivity contribution in [3.63, 3.8) is 0 Å². The quantitative estimate of drug-likeness (QED) is 0.855. The van der Waals surface area contributed by atoms with Crippen molar-refractivity contribution in [2.75, 3.05) is 24.5 Å². The molecule has 0 saturated heterocycles. The van der Waals surface area contributed by atoms with Crippen molar-refractivity contribution in [1.29, 1.82) is 0 Å². The Morgan fingerprint density at radius 2 is 1.55 bits per heavy atom. The monoisotopic (exact) mass is 293 g/mol. The van der Waals surface area contributed by atoms with Crippen LogP contribution in [0.5, 0.6) is 0 Å². The molecular formula is C19H23N3. The minimum atomic E-state index is 0.832. The molecule has 3 nitrogen and oxygen atoms in total. The van der Waals surface area contributed by atoms with E-state index in [-0.39, 0.29) is 0 Å². The van der Waals surface area contributed by atoms with Crippen LogP contribution in [-0.4, -0.2) is 25.5 Å². The van der Waals surface area contributed by atoms with Crippen LogP contribution in [0.25, 0.3) is 0 Å². The highest BCUT2D eigenvalue weighted by Gasteiger charge is 2.12. The molecule has 0 aliphatic carbocycles. The van der Waals surface area contributed by atoms with Crippen LogP contribution in [0.4, 0.5) is 5.69 Å². The Balaban J connectivity index is 0.000000847. The van der Waals surface area contributed by atoms with E-state index in [4.69, 9.17) is 0 Å². The second-order valence-corrected chi connectivity index (χ2v) is 4.93. The number of benzene rings is 2. The number of hydrogen-bond acceptors (Lipinski definition) is 3. The maximum atomic E-state index is 4.51. The summed E-state index contributed by atoms with van der Waals surface area (Å²) >= 11 is 0. The molecule has 0 radical (unpaired) electrons. The number of hydrogen-bond donors (Lipinski definition) is 1. The lowest BCUT2D eigenvalue weighted by Crippen LogP contribution is -2.34. The van der Waals surface area contributed by atoms with E-state index >= 15 is 0 Å². The Kier molecular flexibility index (Phi) is 6.24. The summed E-state index contributed by atoms with van der Waals surface area (Å²) in [7, 11) is 0. The van der Waals surface area contributed by atoms with Gasteiger partial charge >= 0.3 is 0 Å². The van der Waals surface area contributed by atoms with E-state index < -0.39 is 0 Å². The molecule has 1 aliphatic heterocycles. The summed E-state index contributed by atoms with van der Waals surface area (Å²) < 4.78 is 0. The van der Waals surface area contributed by atoms with Gasteiger partial charge in [-0.25, -0.2) is 0 Å². The van der Waals surface area contributed by atoms with Crippen molar-refractivity contribution in [3.8, 4) is 0 Å². The molecule has 2 aromatic rings. The largest absolute Gasteiger partial charge is 0.370 e. The molecular weight excluding hydrogens is 270 g/mol. The first-order chi connectivity index (χ1) is 10.9. The van der Waals surface area contributed by atoms with Crippen molar-refractivity contribution >= 4 is 11.5 Å². The van der Waals surface area contributed by atoms with Crippen LogP contribution in [0.1, 0.15) is 5.56 Å². The van der Waals surface area contributed by atoms with Crippen LogP contribution < -0.4 is 10.2 Å². The van der Waals surface area contributed by atoms with Gasteiger partial charge in [0.15, 0.2) is 0 Å². The molecule has 1 N–H and O–H groups in total. The number of anilines is 1. The SMILES string of the molecule is C=C.c1ccc(CN(CC2=NCCN2)c2ccccc2)cc1. The third-order valence-electron chi connectivity index (χ3n) is 3.42. The molecule has 3 rings (SSSR count). The fourth-order valence-electron chi connectivity index (χ4n) is 2.41. The molecule has 1 aliphatic rings. The maximum Gasteiger partial charge on any atom is 0.116 e. The van der Waals surface area contributed by atoms with Crippen molar-refractivity contribution in [1.82, 2.24) is 5.32 Å². The van der Waals surface area contributed by atoms with Gasteiger partial charge in [-0.1, -0.05) is 48.5 Å². The van der Waals surface area contributed by atoms with Gasteiger partial charge < -0.3 is 10.2 Å².